The summed E-state index contributed by atoms with van der Waals surface area (Å²) in [4.78, 5) is 10.6. The van der Waals surface area contributed by atoms with Crippen molar-refractivity contribution in [3.63, 3.8) is 0 Å². The Hall–Kier alpha value is -2.34. The highest BCUT2D eigenvalue weighted by Gasteiger charge is 2.15. The first-order valence-electron chi connectivity index (χ1n) is 6.21. The smallest absolute Gasteiger partial charge is 0.261 e. The molecule has 0 aliphatic heterocycles. The monoisotopic (exact) mass is 304 g/mol. The molecule has 0 aromatic heterocycles. The fourth-order valence-corrected chi connectivity index (χ4v) is 3.03. The van der Waals surface area contributed by atoms with Crippen LogP contribution >= 0.6 is 0 Å². The molecular weight excluding hydrogens is 290 g/mol. The second-order valence-electron chi connectivity index (χ2n) is 4.74. The molecule has 6 heteroatoms. The normalized spacial score (nSPS) is 11.1. The van der Waals surface area contributed by atoms with E-state index in [0.717, 1.165) is 11.1 Å². The van der Waals surface area contributed by atoms with Crippen molar-refractivity contribution in [1.82, 2.24) is 0 Å². The van der Waals surface area contributed by atoms with Crippen LogP contribution in [0.2, 0.25) is 0 Å². The van der Waals surface area contributed by atoms with Crippen LogP contribution in [0.5, 0.6) is 0 Å². The van der Waals surface area contributed by atoms with Gasteiger partial charge < -0.3 is 9.90 Å². The lowest BCUT2D eigenvalue weighted by Gasteiger charge is -2.11. The Morgan fingerprint density at radius 2 is 1.67 bits per heavy atom. The molecule has 0 saturated carbocycles. The summed E-state index contributed by atoms with van der Waals surface area (Å²) < 4.78 is 27.0. The summed E-state index contributed by atoms with van der Waals surface area (Å²) >= 11 is 0. The Morgan fingerprint density at radius 1 is 1.05 bits per heavy atom. The summed E-state index contributed by atoms with van der Waals surface area (Å²) in [5, 5.41) is 10.7. The predicted octanol–water partition coefficient (Wildman–Crippen LogP) is 1.47. The van der Waals surface area contributed by atoms with Gasteiger partial charge in [-0.3, -0.25) is 4.72 Å². The van der Waals surface area contributed by atoms with Crippen LogP contribution in [0.1, 0.15) is 21.5 Å². The minimum atomic E-state index is -3.75. The van der Waals surface area contributed by atoms with E-state index >= 15 is 0 Å². The minimum absolute atomic E-state index is 0.00697. The molecule has 0 atom stereocenters. The Morgan fingerprint density at radius 3 is 2.19 bits per heavy atom. The van der Waals surface area contributed by atoms with E-state index in [2.05, 4.69) is 4.72 Å². The molecule has 110 valence electrons. The van der Waals surface area contributed by atoms with Crippen LogP contribution in [-0.2, 0) is 10.0 Å². The average molecular weight is 304 g/mol. The van der Waals surface area contributed by atoms with Crippen molar-refractivity contribution in [3.8, 4) is 0 Å². The number of rotatable bonds is 4. The number of carbonyl (C=O) groups excluding carboxylic acids is 1. The molecule has 0 amide bonds. The van der Waals surface area contributed by atoms with Crippen molar-refractivity contribution in [2.45, 2.75) is 18.7 Å². The van der Waals surface area contributed by atoms with Crippen molar-refractivity contribution >= 4 is 21.7 Å². The number of carboxylic acid groups (broad SMARTS) is 1. The maximum Gasteiger partial charge on any atom is 0.261 e. The van der Waals surface area contributed by atoms with Crippen molar-refractivity contribution in [1.29, 1.82) is 0 Å². The third kappa shape index (κ3) is 3.41. The molecule has 0 heterocycles. The maximum atomic E-state index is 12.2. The molecule has 2 rings (SSSR count). The molecule has 5 nitrogen and oxygen atoms in total. The van der Waals surface area contributed by atoms with Gasteiger partial charge in [-0.1, -0.05) is 29.8 Å². The van der Waals surface area contributed by atoms with E-state index in [4.69, 9.17) is 0 Å². The molecule has 2 aromatic carbocycles. The maximum absolute atomic E-state index is 12.2. The lowest BCUT2D eigenvalue weighted by atomic mass is 10.1. The highest BCUT2D eigenvalue weighted by Crippen LogP contribution is 2.20. The van der Waals surface area contributed by atoms with Gasteiger partial charge in [0.2, 0.25) is 0 Å². The van der Waals surface area contributed by atoms with Gasteiger partial charge in [-0.25, -0.2) is 8.42 Å². The summed E-state index contributed by atoms with van der Waals surface area (Å²) in [5.74, 6) is -1.35. The average Bonchev–Trinajstić information content (AvgIpc) is 2.42. The van der Waals surface area contributed by atoms with Crippen LogP contribution in [0, 0.1) is 13.8 Å². The molecule has 0 fully saturated rings. The molecule has 0 saturated heterocycles. The molecule has 0 spiro atoms. The van der Waals surface area contributed by atoms with Crippen LogP contribution in [0.3, 0.4) is 0 Å². The molecule has 2 aromatic rings. The van der Waals surface area contributed by atoms with Crippen LogP contribution in [0.15, 0.2) is 47.4 Å². The fourth-order valence-electron chi connectivity index (χ4n) is 1.90. The number of carbonyl (C=O) groups is 1. The van der Waals surface area contributed by atoms with Crippen molar-refractivity contribution in [3.05, 3.63) is 59.2 Å². The zero-order valence-electron chi connectivity index (χ0n) is 11.6. The standard InChI is InChI=1S/C15H15NO4S/c1-10-3-8-14(11(2)9-10)16-21(19,20)13-6-4-12(5-7-13)15(17)18/h3-9,16H,1-2H3,(H,17,18)/p-1. The summed E-state index contributed by atoms with van der Waals surface area (Å²) in [6, 6.07) is 10.2. The van der Waals surface area contributed by atoms with Gasteiger partial charge in [0.25, 0.3) is 10.0 Å². The lowest BCUT2D eigenvalue weighted by molar-refractivity contribution is -0.255. The number of aryl methyl sites for hydroxylation is 2. The molecule has 0 bridgehead atoms. The van der Waals surface area contributed by atoms with E-state index < -0.39 is 16.0 Å². The van der Waals surface area contributed by atoms with Gasteiger partial charge in [0, 0.05) is 0 Å². The minimum Gasteiger partial charge on any atom is -0.545 e. The van der Waals surface area contributed by atoms with Crippen molar-refractivity contribution < 1.29 is 18.3 Å². The Kier molecular flexibility index (Phi) is 3.99. The SMILES string of the molecule is Cc1ccc(NS(=O)(=O)c2ccc(C(=O)[O-])cc2)c(C)c1. The molecule has 0 aliphatic rings. The molecule has 0 unspecified atom stereocenters. The van der Waals surface area contributed by atoms with Crippen LogP contribution < -0.4 is 9.83 Å². The largest absolute Gasteiger partial charge is 0.545 e. The predicted molar refractivity (Wildman–Crippen MR) is 77.5 cm³/mol. The Bertz CT molecular complexity index is 780. The fraction of sp³-hybridized carbons (Fsp3) is 0.133. The number of carboxylic acids is 1. The van der Waals surface area contributed by atoms with E-state index in [1.165, 1.54) is 24.3 Å². The van der Waals surface area contributed by atoms with Gasteiger partial charge in [0.15, 0.2) is 0 Å². The Labute approximate surface area is 123 Å². The van der Waals surface area contributed by atoms with E-state index in [0.29, 0.717) is 5.69 Å². The second-order valence-corrected chi connectivity index (χ2v) is 6.42. The Balaban J connectivity index is 2.31. The molecule has 0 radical (unpaired) electrons. The molecule has 0 aliphatic carbocycles. The molecule has 1 N–H and O–H groups in total. The number of nitrogens with one attached hydrogen (secondary N) is 1. The first-order chi connectivity index (χ1) is 9.79. The number of hydrogen-bond donors (Lipinski definition) is 1. The number of sulfonamides is 1. The quantitative estimate of drug-likeness (QED) is 0.926. The van der Waals surface area contributed by atoms with Gasteiger partial charge in [-0.05, 0) is 43.2 Å². The van der Waals surface area contributed by atoms with Crippen LogP contribution in [0.25, 0.3) is 0 Å². The summed E-state index contributed by atoms with van der Waals surface area (Å²) in [5.41, 5.74) is 2.27. The van der Waals surface area contributed by atoms with Gasteiger partial charge in [-0.2, -0.15) is 0 Å². The molecule has 21 heavy (non-hydrogen) atoms. The van der Waals surface area contributed by atoms with Gasteiger partial charge in [-0.15, -0.1) is 0 Å². The first kappa shape index (κ1) is 15.1. The van der Waals surface area contributed by atoms with Crippen molar-refractivity contribution in [2.24, 2.45) is 0 Å². The van der Waals surface area contributed by atoms with E-state index in [-0.39, 0.29) is 10.5 Å². The summed E-state index contributed by atoms with van der Waals surface area (Å²) in [6.07, 6.45) is 0. The number of aromatic carboxylic acids is 1. The summed E-state index contributed by atoms with van der Waals surface area (Å²) in [7, 11) is -3.75. The lowest BCUT2D eigenvalue weighted by Crippen LogP contribution is -2.22. The zero-order chi connectivity index (χ0) is 15.6. The third-order valence-electron chi connectivity index (χ3n) is 3.03. The van der Waals surface area contributed by atoms with Gasteiger partial charge >= 0.3 is 0 Å². The highest BCUT2D eigenvalue weighted by atomic mass is 32.2. The van der Waals surface area contributed by atoms with Crippen molar-refractivity contribution in [2.75, 3.05) is 4.72 Å². The summed E-state index contributed by atoms with van der Waals surface area (Å²) in [6.45, 7) is 3.73. The third-order valence-corrected chi connectivity index (χ3v) is 4.41. The number of benzene rings is 2. The van der Waals surface area contributed by atoms with E-state index in [1.807, 2.05) is 26.0 Å². The first-order valence-corrected chi connectivity index (χ1v) is 7.69. The van der Waals surface area contributed by atoms with Gasteiger partial charge in [0.05, 0.1) is 16.6 Å². The zero-order valence-corrected chi connectivity index (χ0v) is 12.4. The number of hydrogen-bond acceptors (Lipinski definition) is 4. The highest BCUT2D eigenvalue weighted by molar-refractivity contribution is 7.92. The topological polar surface area (TPSA) is 86.3 Å². The second kappa shape index (κ2) is 5.57. The van der Waals surface area contributed by atoms with Crippen LogP contribution in [0.4, 0.5) is 5.69 Å². The molecular formula is C15H14NO4S-. The van der Waals surface area contributed by atoms with Gasteiger partial charge in [0.1, 0.15) is 0 Å². The van der Waals surface area contributed by atoms with E-state index in [1.54, 1.807) is 6.07 Å². The number of anilines is 1. The van der Waals surface area contributed by atoms with E-state index in [9.17, 15) is 18.3 Å². The van der Waals surface area contributed by atoms with Crippen LogP contribution in [-0.4, -0.2) is 14.4 Å².